The van der Waals surface area contributed by atoms with Crippen LogP contribution in [-0.2, 0) is 32.3 Å². The van der Waals surface area contributed by atoms with Gasteiger partial charge in [0.2, 0.25) is 9.84 Å². The van der Waals surface area contributed by atoms with Crippen molar-refractivity contribution >= 4 is 38.5 Å². The smallest absolute Gasteiger partial charge is 0.410 e. The number of fused-ring (bicyclic) bond motifs is 3. The van der Waals surface area contributed by atoms with Crippen LogP contribution in [0.2, 0.25) is 5.02 Å². The first-order valence-corrected chi connectivity index (χ1v) is 13.5. The van der Waals surface area contributed by atoms with Gasteiger partial charge in [-0.25, -0.2) is 13.2 Å². The Labute approximate surface area is 209 Å². The first-order chi connectivity index (χ1) is 16.5. The summed E-state index contributed by atoms with van der Waals surface area (Å²) < 4.78 is 44.2. The Bertz CT molecular complexity index is 1400. The summed E-state index contributed by atoms with van der Waals surface area (Å²) >= 11 is 6.52. The van der Waals surface area contributed by atoms with Crippen molar-refractivity contribution in [2.24, 2.45) is 0 Å². The van der Waals surface area contributed by atoms with Crippen molar-refractivity contribution in [2.45, 2.75) is 61.5 Å². The van der Waals surface area contributed by atoms with Crippen LogP contribution in [0.1, 0.15) is 50.0 Å². The molecule has 5 rings (SSSR count). The van der Waals surface area contributed by atoms with Crippen LogP contribution in [-0.4, -0.2) is 44.8 Å². The summed E-state index contributed by atoms with van der Waals surface area (Å²) in [6.07, 6.45) is 0.948. The van der Waals surface area contributed by atoms with Crippen molar-refractivity contribution < 1.29 is 27.1 Å². The number of amides is 1. The van der Waals surface area contributed by atoms with E-state index in [1.54, 1.807) is 29.2 Å². The molecule has 0 radical (unpaired) electrons. The van der Waals surface area contributed by atoms with Gasteiger partial charge in [-0.1, -0.05) is 23.7 Å². The molecule has 9 heteroatoms. The lowest BCUT2D eigenvalue weighted by Gasteiger charge is -2.29. The summed E-state index contributed by atoms with van der Waals surface area (Å²) in [5.74, 6) is 0.899. The minimum Gasteiger partial charge on any atom is -0.459 e. The second-order valence-corrected chi connectivity index (χ2v) is 12.4. The minimum atomic E-state index is -3.84. The van der Waals surface area contributed by atoms with Crippen LogP contribution in [0, 0.1) is 0 Å². The Hall–Kier alpha value is -2.55. The molecule has 1 saturated heterocycles. The number of nitrogens with zero attached hydrogens (tertiary/aromatic N) is 1. The fraction of sp³-hybridized carbons (Fsp3) is 0.423. The number of hydrogen-bond acceptors (Lipinski definition) is 6. The molecule has 7 nitrogen and oxygen atoms in total. The van der Waals surface area contributed by atoms with Crippen LogP contribution in [0.15, 0.2) is 50.6 Å². The van der Waals surface area contributed by atoms with Crippen molar-refractivity contribution in [3.63, 3.8) is 0 Å². The van der Waals surface area contributed by atoms with E-state index in [0.29, 0.717) is 42.9 Å². The maximum Gasteiger partial charge on any atom is 0.410 e. The number of sulfone groups is 1. The molecule has 0 spiro atoms. The highest BCUT2D eigenvalue weighted by molar-refractivity contribution is 7.91. The van der Waals surface area contributed by atoms with Crippen LogP contribution in [0.4, 0.5) is 4.79 Å². The molecule has 1 amide bonds. The van der Waals surface area contributed by atoms with E-state index in [2.05, 4.69) is 0 Å². The molecular formula is C26H28ClNO6S. The van der Waals surface area contributed by atoms with E-state index in [9.17, 15) is 13.2 Å². The average molecular weight is 518 g/mol. The van der Waals surface area contributed by atoms with Gasteiger partial charge in [-0.15, -0.1) is 0 Å². The molecule has 1 atom stereocenters. The molecule has 0 N–H and O–H groups in total. The number of furan rings is 1. The zero-order valence-corrected chi connectivity index (χ0v) is 21.5. The second-order valence-electron chi connectivity index (χ2n) is 10.1. The van der Waals surface area contributed by atoms with Gasteiger partial charge in [0.1, 0.15) is 11.4 Å². The molecule has 1 fully saturated rings. The number of ether oxygens (including phenoxy) is 2. The van der Waals surface area contributed by atoms with Gasteiger partial charge in [0.05, 0.1) is 28.0 Å². The Morgan fingerprint density at radius 2 is 1.97 bits per heavy atom. The van der Waals surface area contributed by atoms with Gasteiger partial charge < -0.3 is 18.8 Å². The Morgan fingerprint density at radius 1 is 1.17 bits per heavy atom. The second kappa shape index (κ2) is 8.84. The predicted molar refractivity (Wildman–Crippen MR) is 132 cm³/mol. The maximum atomic E-state index is 13.6. The number of halogens is 1. The topological polar surface area (TPSA) is 86.0 Å². The molecule has 186 valence electrons. The monoisotopic (exact) mass is 517 g/mol. The largest absolute Gasteiger partial charge is 0.459 e. The highest BCUT2D eigenvalue weighted by atomic mass is 35.5. The number of rotatable bonds is 3. The number of benzene rings is 2. The number of carbonyl (C=O) groups is 1. The zero-order chi connectivity index (χ0) is 25.0. The van der Waals surface area contributed by atoms with Crippen molar-refractivity contribution in [1.29, 1.82) is 0 Å². The fourth-order valence-electron chi connectivity index (χ4n) is 4.62. The number of hydrogen-bond donors (Lipinski definition) is 0. The van der Waals surface area contributed by atoms with Gasteiger partial charge in [0.25, 0.3) is 0 Å². The van der Waals surface area contributed by atoms with E-state index >= 15 is 0 Å². The van der Waals surface area contributed by atoms with Gasteiger partial charge in [0.15, 0.2) is 5.58 Å². The van der Waals surface area contributed by atoms with E-state index < -0.39 is 21.5 Å². The molecular weight excluding hydrogens is 490 g/mol. The lowest BCUT2D eigenvalue weighted by Crippen LogP contribution is -2.39. The Kier molecular flexibility index (Phi) is 6.10. The number of carbonyl (C=O) groups excluding carboxylic acids is 1. The third-order valence-electron chi connectivity index (χ3n) is 6.39. The molecule has 2 aromatic carbocycles. The standard InChI is InChI=1S/C26H28ClNO6S/c1-26(2,3)34-25(29)28-9-7-23-21(14-28)20-12-19(13-22(27)24(20)33-23)35(30,31)18-6-4-5-16(11-18)17-8-10-32-15-17/h4-6,11-13,17H,7-10,14-15H2,1-3H3. The van der Waals surface area contributed by atoms with Crippen molar-refractivity contribution in [3.05, 3.63) is 58.3 Å². The molecule has 2 aliphatic rings. The normalized spacial score (nSPS) is 18.6. The summed E-state index contributed by atoms with van der Waals surface area (Å²) in [5, 5.41) is 0.819. The average Bonchev–Trinajstić information content (AvgIpc) is 3.46. The van der Waals surface area contributed by atoms with E-state index in [-0.39, 0.29) is 27.3 Å². The first kappa shape index (κ1) is 24.2. The van der Waals surface area contributed by atoms with E-state index in [1.807, 2.05) is 26.8 Å². The molecule has 3 aromatic rings. The van der Waals surface area contributed by atoms with E-state index in [4.69, 9.17) is 25.5 Å². The molecule has 0 bridgehead atoms. The van der Waals surface area contributed by atoms with Gasteiger partial charge >= 0.3 is 6.09 Å². The van der Waals surface area contributed by atoms with Crippen LogP contribution >= 0.6 is 11.6 Å². The molecule has 2 aliphatic heterocycles. The summed E-state index contributed by atoms with van der Waals surface area (Å²) in [4.78, 5) is 14.5. The highest BCUT2D eigenvalue weighted by Crippen LogP contribution is 2.38. The SMILES string of the molecule is CC(C)(C)OC(=O)N1CCc2oc3c(Cl)cc(S(=O)(=O)c4cccc(C5CCOC5)c4)cc3c2C1. The third-order valence-corrected chi connectivity index (χ3v) is 8.40. The van der Waals surface area contributed by atoms with Crippen LogP contribution in [0.3, 0.4) is 0 Å². The molecule has 1 unspecified atom stereocenters. The maximum absolute atomic E-state index is 13.6. The fourth-order valence-corrected chi connectivity index (χ4v) is 6.31. The van der Waals surface area contributed by atoms with Crippen molar-refractivity contribution in [3.8, 4) is 0 Å². The lowest BCUT2D eigenvalue weighted by atomic mass is 9.99. The molecule has 0 saturated carbocycles. The third kappa shape index (κ3) is 4.67. The van der Waals surface area contributed by atoms with E-state index in [0.717, 1.165) is 17.5 Å². The quantitative estimate of drug-likeness (QED) is 0.442. The summed E-state index contributed by atoms with van der Waals surface area (Å²) in [6, 6.07) is 10.1. The van der Waals surface area contributed by atoms with Crippen molar-refractivity contribution in [2.75, 3.05) is 19.8 Å². The molecule has 0 aliphatic carbocycles. The zero-order valence-electron chi connectivity index (χ0n) is 20.0. The lowest BCUT2D eigenvalue weighted by molar-refractivity contribution is 0.0220. The molecule has 3 heterocycles. The minimum absolute atomic E-state index is 0.0906. The summed E-state index contributed by atoms with van der Waals surface area (Å²) in [6.45, 7) is 7.43. The van der Waals surface area contributed by atoms with Crippen LogP contribution < -0.4 is 0 Å². The first-order valence-electron chi connectivity index (χ1n) is 11.7. The summed E-state index contributed by atoms with van der Waals surface area (Å²) in [5.41, 5.74) is 1.52. The van der Waals surface area contributed by atoms with Crippen LogP contribution in [0.25, 0.3) is 11.0 Å². The summed E-state index contributed by atoms with van der Waals surface area (Å²) in [7, 11) is -3.84. The molecule has 1 aromatic heterocycles. The Balaban J connectivity index is 1.52. The van der Waals surface area contributed by atoms with E-state index in [1.165, 1.54) is 6.07 Å². The van der Waals surface area contributed by atoms with Gasteiger partial charge in [-0.2, -0.15) is 0 Å². The van der Waals surface area contributed by atoms with Gasteiger partial charge in [0, 0.05) is 36.4 Å². The van der Waals surface area contributed by atoms with Crippen molar-refractivity contribution in [1.82, 2.24) is 4.90 Å². The van der Waals surface area contributed by atoms with Gasteiger partial charge in [-0.05, 0) is 57.0 Å². The highest BCUT2D eigenvalue weighted by Gasteiger charge is 2.31. The Morgan fingerprint density at radius 3 is 2.69 bits per heavy atom. The van der Waals surface area contributed by atoms with Crippen LogP contribution in [0.5, 0.6) is 0 Å². The van der Waals surface area contributed by atoms with Gasteiger partial charge in [-0.3, -0.25) is 0 Å². The predicted octanol–water partition coefficient (Wildman–Crippen LogP) is 5.72. The molecule has 35 heavy (non-hydrogen) atoms.